The third-order valence-electron chi connectivity index (χ3n) is 4.43. The Balaban J connectivity index is 1.88. The maximum absolute atomic E-state index is 13.6. The van der Waals surface area contributed by atoms with Crippen LogP contribution < -0.4 is 5.32 Å². The molecule has 0 radical (unpaired) electrons. The predicted molar refractivity (Wildman–Crippen MR) is 109 cm³/mol. The monoisotopic (exact) mass is 445 g/mol. The van der Waals surface area contributed by atoms with E-state index in [2.05, 4.69) is 21.2 Å². The van der Waals surface area contributed by atoms with Crippen LogP contribution in [-0.2, 0) is 11.3 Å². The van der Waals surface area contributed by atoms with Gasteiger partial charge in [0.1, 0.15) is 0 Å². The second-order valence-corrected chi connectivity index (χ2v) is 7.22. The molecule has 0 fully saturated rings. The van der Waals surface area contributed by atoms with E-state index in [1.54, 1.807) is 12.1 Å². The number of carbonyl (C=O) groups is 1. The summed E-state index contributed by atoms with van der Waals surface area (Å²) < 4.78 is 32.5. The summed E-state index contributed by atoms with van der Waals surface area (Å²) in [4.78, 5) is 12.0. The Kier molecular flexibility index (Phi) is 6.09. The van der Waals surface area contributed by atoms with E-state index in [9.17, 15) is 13.6 Å². The van der Waals surface area contributed by atoms with Gasteiger partial charge in [0.25, 0.3) is 0 Å². The molecule has 0 saturated carbocycles. The lowest BCUT2D eigenvalue weighted by molar-refractivity contribution is 0.0599. The number of hydrogen-bond acceptors (Lipinski definition) is 3. The maximum atomic E-state index is 13.6. The van der Waals surface area contributed by atoms with E-state index in [-0.39, 0.29) is 0 Å². The number of benzene rings is 3. The molecular formula is C22H18BrF2NO2. The van der Waals surface area contributed by atoms with E-state index >= 15 is 0 Å². The molecule has 0 aliphatic heterocycles. The van der Waals surface area contributed by atoms with Crippen molar-refractivity contribution in [2.45, 2.75) is 13.5 Å². The minimum atomic E-state index is -0.885. The summed E-state index contributed by atoms with van der Waals surface area (Å²) in [5.41, 5.74) is 4.42. The van der Waals surface area contributed by atoms with E-state index in [0.29, 0.717) is 17.7 Å². The van der Waals surface area contributed by atoms with Crippen molar-refractivity contribution in [2.24, 2.45) is 0 Å². The van der Waals surface area contributed by atoms with Gasteiger partial charge in [-0.15, -0.1) is 0 Å². The van der Waals surface area contributed by atoms with Gasteiger partial charge in [0.15, 0.2) is 11.6 Å². The van der Waals surface area contributed by atoms with Crippen LogP contribution in [0.1, 0.15) is 21.5 Å². The Hall–Kier alpha value is -2.73. The molecule has 3 aromatic rings. The van der Waals surface area contributed by atoms with Gasteiger partial charge >= 0.3 is 5.97 Å². The van der Waals surface area contributed by atoms with Crippen LogP contribution in [0.3, 0.4) is 0 Å². The zero-order chi connectivity index (χ0) is 20.3. The molecule has 0 atom stereocenters. The largest absolute Gasteiger partial charge is 0.465 e. The molecule has 0 spiro atoms. The van der Waals surface area contributed by atoms with Crippen molar-refractivity contribution in [3.8, 4) is 11.1 Å². The Morgan fingerprint density at radius 1 is 1.00 bits per heavy atom. The van der Waals surface area contributed by atoms with Gasteiger partial charge in [0.2, 0.25) is 0 Å². The van der Waals surface area contributed by atoms with Crippen molar-refractivity contribution in [1.82, 2.24) is 0 Å². The number of nitrogens with one attached hydrogen (secondary N) is 1. The number of carbonyl (C=O) groups excluding carboxylic acids is 1. The van der Waals surface area contributed by atoms with Crippen molar-refractivity contribution >= 4 is 27.6 Å². The van der Waals surface area contributed by atoms with Crippen molar-refractivity contribution in [1.29, 1.82) is 0 Å². The molecule has 3 aromatic carbocycles. The van der Waals surface area contributed by atoms with Gasteiger partial charge in [-0.25, -0.2) is 13.6 Å². The van der Waals surface area contributed by atoms with Crippen molar-refractivity contribution in [3.63, 3.8) is 0 Å². The highest BCUT2D eigenvalue weighted by Gasteiger charge is 2.13. The van der Waals surface area contributed by atoms with E-state index in [4.69, 9.17) is 4.74 Å². The first-order valence-corrected chi connectivity index (χ1v) is 9.35. The summed E-state index contributed by atoms with van der Waals surface area (Å²) in [6.45, 7) is 2.34. The third kappa shape index (κ3) is 4.39. The molecule has 0 unspecified atom stereocenters. The molecule has 0 saturated heterocycles. The first-order chi connectivity index (χ1) is 13.4. The van der Waals surface area contributed by atoms with Crippen molar-refractivity contribution in [2.75, 3.05) is 12.4 Å². The molecule has 0 bridgehead atoms. The van der Waals surface area contributed by atoms with Gasteiger partial charge in [-0.1, -0.05) is 34.1 Å². The second kappa shape index (κ2) is 8.52. The minimum absolute atomic E-state index is 0.395. The molecule has 0 amide bonds. The van der Waals surface area contributed by atoms with Gasteiger partial charge in [0, 0.05) is 16.7 Å². The first-order valence-electron chi connectivity index (χ1n) is 8.55. The number of anilines is 1. The average molecular weight is 446 g/mol. The molecule has 3 nitrogen and oxygen atoms in total. The van der Waals surface area contributed by atoms with Crippen molar-refractivity contribution in [3.05, 3.63) is 87.4 Å². The molecule has 0 heterocycles. The Labute approximate surface area is 170 Å². The molecule has 3 rings (SSSR count). The number of aryl methyl sites for hydroxylation is 1. The number of ether oxygens (including phenoxy) is 1. The Morgan fingerprint density at radius 3 is 2.43 bits per heavy atom. The van der Waals surface area contributed by atoms with Crippen LogP contribution in [0.25, 0.3) is 11.1 Å². The summed E-state index contributed by atoms with van der Waals surface area (Å²) in [5.74, 6) is -2.17. The molecule has 6 heteroatoms. The lowest BCUT2D eigenvalue weighted by atomic mass is 10.0. The number of esters is 1. The summed E-state index contributed by atoms with van der Waals surface area (Å²) >= 11 is 3.42. The highest BCUT2D eigenvalue weighted by Crippen LogP contribution is 2.27. The smallest absolute Gasteiger partial charge is 0.338 e. The van der Waals surface area contributed by atoms with Gasteiger partial charge in [-0.2, -0.15) is 0 Å². The quantitative estimate of drug-likeness (QED) is 0.482. The molecule has 1 N–H and O–H groups in total. The Bertz CT molecular complexity index is 1040. The van der Waals surface area contributed by atoms with Crippen LogP contribution >= 0.6 is 15.9 Å². The second-order valence-electron chi connectivity index (χ2n) is 6.31. The summed E-state index contributed by atoms with van der Waals surface area (Å²) in [6.07, 6.45) is 0. The summed E-state index contributed by atoms with van der Waals surface area (Å²) in [5, 5.41) is 3.32. The topological polar surface area (TPSA) is 38.3 Å². The standard InChI is InChI=1S/C22H18BrF2NO2/c1-13-3-4-15(14-5-8-19(24)20(25)10-14)11-21(13)26-12-16-9-17(23)6-7-18(16)22(27)28-2/h3-11,26H,12H2,1-2H3. The van der Waals surface area contributed by atoms with E-state index in [0.717, 1.165) is 32.9 Å². The van der Waals surface area contributed by atoms with E-state index in [1.807, 2.05) is 31.2 Å². The van der Waals surface area contributed by atoms with Gasteiger partial charge in [-0.3, -0.25) is 0 Å². The molecule has 0 aromatic heterocycles. The van der Waals surface area contributed by atoms with Gasteiger partial charge < -0.3 is 10.1 Å². The van der Waals surface area contributed by atoms with Gasteiger partial charge in [-0.05, 0) is 65.6 Å². The number of methoxy groups -OCH3 is 1. The third-order valence-corrected chi connectivity index (χ3v) is 4.93. The van der Waals surface area contributed by atoms with E-state index in [1.165, 1.54) is 19.2 Å². The molecule has 0 aliphatic carbocycles. The number of hydrogen-bond donors (Lipinski definition) is 1. The molecule has 144 valence electrons. The zero-order valence-electron chi connectivity index (χ0n) is 15.4. The predicted octanol–water partition coefficient (Wildman–Crippen LogP) is 6.10. The molecule has 0 aliphatic rings. The SMILES string of the molecule is COC(=O)c1ccc(Br)cc1CNc1cc(-c2ccc(F)c(F)c2)ccc1C. The number of halogens is 3. The van der Waals surface area contributed by atoms with Crippen LogP contribution in [0.15, 0.2) is 59.1 Å². The zero-order valence-corrected chi connectivity index (χ0v) is 16.9. The fourth-order valence-corrected chi connectivity index (χ4v) is 3.28. The van der Waals surface area contributed by atoms with Crippen LogP contribution in [-0.4, -0.2) is 13.1 Å². The highest BCUT2D eigenvalue weighted by molar-refractivity contribution is 9.10. The lowest BCUT2D eigenvalue weighted by Crippen LogP contribution is -2.09. The van der Waals surface area contributed by atoms with Crippen LogP contribution in [0.2, 0.25) is 0 Å². The maximum Gasteiger partial charge on any atom is 0.338 e. The molecular weight excluding hydrogens is 428 g/mol. The van der Waals surface area contributed by atoms with Crippen LogP contribution in [0, 0.1) is 18.6 Å². The van der Waals surface area contributed by atoms with Crippen LogP contribution in [0.4, 0.5) is 14.5 Å². The summed E-state index contributed by atoms with van der Waals surface area (Å²) in [6, 6.07) is 14.8. The molecule has 28 heavy (non-hydrogen) atoms. The average Bonchev–Trinajstić information content (AvgIpc) is 2.69. The fraction of sp³-hybridized carbons (Fsp3) is 0.136. The highest BCUT2D eigenvalue weighted by atomic mass is 79.9. The fourth-order valence-electron chi connectivity index (χ4n) is 2.88. The summed E-state index contributed by atoms with van der Waals surface area (Å²) in [7, 11) is 1.34. The Morgan fingerprint density at radius 2 is 1.71 bits per heavy atom. The minimum Gasteiger partial charge on any atom is -0.465 e. The first kappa shape index (κ1) is 20.0. The lowest BCUT2D eigenvalue weighted by Gasteiger charge is -2.14. The normalized spacial score (nSPS) is 10.6. The van der Waals surface area contributed by atoms with Gasteiger partial charge in [0.05, 0.1) is 12.7 Å². The van der Waals surface area contributed by atoms with Crippen LogP contribution in [0.5, 0.6) is 0 Å². The van der Waals surface area contributed by atoms with E-state index < -0.39 is 17.6 Å². The van der Waals surface area contributed by atoms with Crippen molar-refractivity contribution < 1.29 is 18.3 Å². The number of rotatable bonds is 5.